The maximum Gasteiger partial charge on any atom is 0.115 e. The summed E-state index contributed by atoms with van der Waals surface area (Å²) in [7, 11) is 0. The molecule has 0 aromatic heterocycles. The third kappa shape index (κ3) is 1.49. The lowest BCUT2D eigenvalue weighted by atomic mass is 9.94. The first-order valence-electron chi connectivity index (χ1n) is 4.33. The first kappa shape index (κ1) is 8.84. The summed E-state index contributed by atoms with van der Waals surface area (Å²) in [5, 5.41) is 18.9. The highest BCUT2D eigenvalue weighted by Crippen LogP contribution is 2.26. The Morgan fingerprint density at radius 1 is 1.29 bits per heavy atom. The summed E-state index contributed by atoms with van der Waals surface area (Å²) in [4.78, 5) is 0. The summed E-state index contributed by atoms with van der Waals surface area (Å²) < 4.78 is 0. The molecule has 0 saturated carbocycles. The lowest BCUT2D eigenvalue weighted by Crippen LogP contribution is -2.13. The molecule has 3 heteroatoms. The van der Waals surface area contributed by atoms with Gasteiger partial charge in [-0.1, -0.05) is 12.2 Å². The highest BCUT2D eigenvalue weighted by atomic mass is 16.3. The van der Waals surface area contributed by atoms with Crippen molar-refractivity contribution in [1.82, 2.24) is 0 Å². The summed E-state index contributed by atoms with van der Waals surface area (Å²) in [6.45, 7) is 0. The number of aliphatic hydroxyl groups excluding tert-OH is 2. The van der Waals surface area contributed by atoms with Gasteiger partial charge in [-0.05, 0) is 35.5 Å². The van der Waals surface area contributed by atoms with Crippen LogP contribution in [-0.2, 0) is 0 Å². The predicted molar refractivity (Wildman–Crippen MR) is 54.3 cm³/mol. The normalized spacial score (nSPS) is 25.4. The van der Waals surface area contributed by atoms with Crippen LogP contribution in [0.5, 0.6) is 0 Å². The van der Waals surface area contributed by atoms with Crippen molar-refractivity contribution in [1.29, 1.82) is 0 Å². The van der Waals surface area contributed by atoms with Crippen molar-refractivity contribution in [2.45, 2.75) is 6.10 Å². The number of allylic oxidation sites excluding steroid dienone is 5. The first-order chi connectivity index (χ1) is 6.66. The Morgan fingerprint density at radius 2 is 2.07 bits per heavy atom. The van der Waals surface area contributed by atoms with E-state index in [9.17, 15) is 10.2 Å². The average Bonchev–Trinajstić information content (AvgIpc) is 2.25. The molecule has 0 spiro atoms. The molecule has 0 aromatic rings. The molecule has 1 unspecified atom stereocenters. The third-order valence-electron chi connectivity index (χ3n) is 2.17. The van der Waals surface area contributed by atoms with Crippen LogP contribution in [0.25, 0.3) is 0 Å². The predicted octanol–water partition coefficient (Wildman–Crippen LogP) is 1.07. The fourth-order valence-electron chi connectivity index (χ4n) is 1.52. The maximum atomic E-state index is 9.64. The lowest BCUT2D eigenvalue weighted by molar-refractivity contribution is 0.253. The molecular formula is C11H11NO2. The topological polar surface area (TPSA) is 66.5 Å². The van der Waals surface area contributed by atoms with E-state index in [1.165, 1.54) is 6.08 Å². The number of hydrogen-bond donors (Lipinski definition) is 3. The van der Waals surface area contributed by atoms with Crippen molar-refractivity contribution in [3.63, 3.8) is 0 Å². The van der Waals surface area contributed by atoms with E-state index in [1.54, 1.807) is 30.4 Å². The van der Waals surface area contributed by atoms with E-state index in [0.717, 1.165) is 11.1 Å². The fraction of sp³-hybridized carbons (Fsp3) is 0.0909. The Kier molecular flexibility index (Phi) is 2.02. The molecule has 4 N–H and O–H groups in total. The molecule has 1 atom stereocenters. The van der Waals surface area contributed by atoms with Crippen LogP contribution in [0.1, 0.15) is 0 Å². The van der Waals surface area contributed by atoms with Crippen LogP contribution in [-0.4, -0.2) is 16.3 Å². The zero-order chi connectivity index (χ0) is 10.1. The van der Waals surface area contributed by atoms with Gasteiger partial charge in [0.25, 0.3) is 0 Å². The van der Waals surface area contributed by atoms with E-state index in [0.29, 0.717) is 5.70 Å². The maximum absolute atomic E-state index is 9.64. The Bertz CT molecular complexity index is 411. The number of nitrogens with two attached hydrogens (primary N) is 1. The monoisotopic (exact) mass is 189 g/mol. The van der Waals surface area contributed by atoms with Gasteiger partial charge in [0.05, 0.1) is 0 Å². The zero-order valence-corrected chi connectivity index (χ0v) is 7.51. The van der Waals surface area contributed by atoms with E-state index < -0.39 is 6.10 Å². The van der Waals surface area contributed by atoms with Crippen LogP contribution in [0.3, 0.4) is 0 Å². The van der Waals surface area contributed by atoms with Gasteiger partial charge in [0.15, 0.2) is 0 Å². The Hall–Kier alpha value is -1.74. The molecule has 0 aliphatic heterocycles. The number of hydrogen-bond acceptors (Lipinski definition) is 3. The molecule has 0 radical (unpaired) electrons. The molecule has 0 aromatic carbocycles. The van der Waals surface area contributed by atoms with Crippen LogP contribution in [0.2, 0.25) is 0 Å². The number of rotatable bonds is 0. The molecule has 3 nitrogen and oxygen atoms in total. The summed E-state index contributed by atoms with van der Waals surface area (Å²) in [5.74, 6) is 0.0654. The summed E-state index contributed by atoms with van der Waals surface area (Å²) >= 11 is 0. The molecule has 0 saturated heterocycles. The minimum atomic E-state index is -0.762. The van der Waals surface area contributed by atoms with Gasteiger partial charge < -0.3 is 15.9 Å². The fourth-order valence-corrected chi connectivity index (χ4v) is 1.52. The van der Waals surface area contributed by atoms with E-state index in [1.807, 2.05) is 0 Å². The largest absolute Gasteiger partial charge is 0.508 e. The molecule has 2 rings (SSSR count). The lowest BCUT2D eigenvalue weighted by Gasteiger charge is -2.16. The summed E-state index contributed by atoms with van der Waals surface area (Å²) in [6, 6.07) is 0. The van der Waals surface area contributed by atoms with Crippen molar-refractivity contribution in [3.8, 4) is 0 Å². The van der Waals surface area contributed by atoms with Gasteiger partial charge in [-0.2, -0.15) is 0 Å². The minimum absolute atomic E-state index is 0.0654. The van der Waals surface area contributed by atoms with Gasteiger partial charge in [0, 0.05) is 5.70 Å². The van der Waals surface area contributed by atoms with Crippen LogP contribution < -0.4 is 5.73 Å². The number of aliphatic hydroxyl groups is 2. The van der Waals surface area contributed by atoms with Crippen LogP contribution in [0.4, 0.5) is 0 Å². The van der Waals surface area contributed by atoms with Crippen LogP contribution >= 0.6 is 0 Å². The summed E-state index contributed by atoms with van der Waals surface area (Å²) in [6.07, 6.45) is 9.24. The molecule has 0 bridgehead atoms. The molecular weight excluding hydrogens is 178 g/mol. The Balaban J connectivity index is 2.51. The average molecular weight is 189 g/mol. The molecule has 0 fully saturated rings. The first-order valence-corrected chi connectivity index (χ1v) is 4.33. The van der Waals surface area contributed by atoms with Gasteiger partial charge in [-0.25, -0.2) is 0 Å². The molecule has 2 aliphatic rings. The smallest absolute Gasteiger partial charge is 0.115 e. The molecule has 72 valence electrons. The van der Waals surface area contributed by atoms with Gasteiger partial charge in [0.1, 0.15) is 11.9 Å². The van der Waals surface area contributed by atoms with Crippen molar-refractivity contribution in [3.05, 3.63) is 59.1 Å². The third-order valence-corrected chi connectivity index (χ3v) is 2.17. The number of fused-ring (bicyclic) bond motifs is 1. The minimum Gasteiger partial charge on any atom is -0.508 e. The van der Waals surface area contributed by atoms with Crippen molar-refractivity contribution in [2.24, 2.45) is 5.73 Å². The standard InChI is InChI=1S/C11H11NO2/c12-8-2-1-3-10-7(4-8)5-9(13)6-11(10)14/h1-6,11,13-14H,12H2. The van der Waals surface area contributed by atoms with Crippen molar-refractivity contribution in [2.75, 3.05) is 0 Å². The van der Waals surface area contributed by atoms with Crippen molar-refractivity contribution < 1.29 is 10.2 Å². The van der Waals surface area contributed by atoms with Crippen LogP contribution in [0, 0.1) is 0 Å². The van der Waals surface area contributed by atoms with Crippen LogP contribution in [0.15, 0.2) is 59.1 Å². The second-order valence-electron chi connectivity index (χ2n) is 3.26. The zero-order valence-electron chi connectivity index (χ0n) is 7.51. The molecule has 14 heavy (non-hydrogen) atoms. The molecule has 2 aliphatic carbocycles. The second kappa shape index (κ2) is 3.20. The quantitative estimate of drug-likeness (QED) is 0.534. The van der Waals surface area contributed by atoms with Gasteiger partial charge in [-0.3, -0.25) is 0 Å². The Morgan fingerprint density at radius 3 is 2.86 bits per heavy atom. The molecule has 0 heterocycles. The summed E-state index contributed by atoms with van der Waals surface area (Å²) in [5.41, 5.74) is 7.75. The second-order valence-corrected chi connectivity index (χ2v) is 3.26. The van der Waals surface area contributed by atoms with Crippen molar-refractivity contribution >= 4 is 0 Å². The van der Waals surface area contributed by atoms with Gasteiger partial charge in [0.2, 0.25) is 0 Å². The van der Waals surface area contributed by atoms with Gasteiger partial charge in [-0.15, -0.1) is 0 Å². The molecule has 0 amide bonds. The Labute approximate surface area is 81.9 Å². The van der Waals surface area contributed by atoms with E-state index >= 15 is 0 Å². The highest BCUT2D eigenvalue weighted by Gasteiger charge is 2.17. The van der Waals surface area contributed by atoms with E-state index in [4.69, 9.17) is 5.73 Å². The van der Waals surface area contributed by atoms with E-state index in [2.05, 4.69) is 0 Å². The highest BCUT2D eigenvalue weighted by molar-refractivity contribution is 5.55. The van der Waals surface area contributed by atoms with Gasteiger partial charge >= 0.3 is 0 Å². The SMILES string of the molecule is NC1=CC2=CC(O)=CC(O)C2=CC=C1. The van der Waals surface area contributed by atoms with E-state index in [-0.39, 0.29) is 5.76 Å².